The number of hydrogen-bond donors (Lipinski definition) is 0. The van der Waals surface area contributed by atoms with Crippen LogP contribution < -0.4 is 0 Å². The van der Waals surface area contributed by atoms with E-state index in [1.807, 2.05) is 0 Å². The van der Waals surface area contributed by atoms with E-state index in [9.17, 15) is 0 Å². The molecule has 0 aromatic heterocycles. The fourth-order valence-electron chi connectivity index (χ4n) is 2.32. The molecule has 2 rings (SSSR count). The summed E-state index contributed by atoms with van der Waals surface area (Å²) < 4.78 is 5.57. The van der Waals surface area contributed by atoms with Gasteiger partial charge in [-0.05, 0) is 12.8 Å². The molecular formula is C11H20O3. The molecule has 0 spiro atoms. The van der Waals surface area contributed by atoms with E-state index in [1.165, 1.54) is 44.9 Å². The van der Waals surface area contributed by atoms with Gasteiger partial charge in [0, 0.05) is 5.92 Å². The third-order valence-corrected chi connectivity index (χ3v) is 3.15. The summed E-state index contributed by atoms with van der Waals surface area (Å²) in [5.41, 5.74) is 0. The van der Waals surface area contributed by atoms with Gasteiger partial charge in [0.1, 0.15) is 6.61 Å². The Bertz CT molecular complexity index is 147. The van der Waals surface area contributed by atoms with Crippen LogP contribution in [-0.4, -0.2) is 19.5 Å². The lowest BCUT2D eigenvalue weighted by atomic mass is 9.91. The maximum Gasteiger partial charge on any atom is 0.194 e. The molecular weight excluding hydrogens is 180 g/mol. The van der Waals surface area contributed by atoms with E-state index in [0.717, 1.165) is 0 Å². The Morgan fingerprint density at radius 3 is 2.14 bits per heavy atom. The molecule has 1 heterocycles. The Kier molecular flexibility index (Phi) is 4.22. The molecule has 3 nitrogen and oxygen atoms in total. The van der Waals surface area contributed by atoms with Crippen molar-refractivity contribution in [2.24, 2.45) is 5.92 Å². The Morgan fingerprint density at radius 2 is 1.50 bits per heavy atom. The molecule has 82 valence electrons. The number of hydrogen-bond acceptors (Lipinski definition) is 3. The first kappa shape index (κ1) is 10.4. The van der Waals surface area contributed by atoms with Crippen molar-refractivity contribution in [3.63, 3.8) is 0 Å². The van der Waals surface area contributed by atoms with Gasteiger partial charge in [-0.3, -0.25) is 0 Å². The summed E-state index contributed by atoms with van der Waals surface area (Å²) in [7, 11) is 0. The predicted octanol–water partition coefficient (Wildman–Crippen LogP) is 2.65. The van der Waals surface area contributed by atoms with E-state index in [-0.39, 0.29) is 6.29 Å². The molecule has 1 aliphatic carbocycles. The summed E-state index contributed by atoms with van der Waals surface area (Å²) in [6, 6.07) is 0. The van der Waals surface area contributed by atoms with Gasteiger partial charge in [0.15, 0.2) is 6.29 Å². The molecule has 2 fully saturated rings. The molecule has 0 bridgehead atoms. The first-order chi connectivity index (χ1) is 6.97. The van der Waals surface area contributed by atoms with Crippen molar-refractivity contribution >= 4 is 0 Å². The van der Waals surface area contributed by atoms with E-state index in [4.69, 9.17) is 14.5 Å². The SMILES string of the molecule is C1CCCC(C2OCCOO2)CCC1. The largest absolute Gasteiger partial charge is 0.347 e. The van der Waals surface area contributed by atoms with Gasteiger partial charge in [-0.1, -0.05) is 32.1 Å². The lowest BCUT2D eigenvalue weighted by molar-refractivity contribution is -0.427. The minimum atomic E-state index is -0.0955. The van der Waals surface area contributed by atoms with Crippen LogP contribution in [0, 0.1) is 5.92 Å². The van der Waals surface area contributed by atoms with Crippen molar-refractivity contribution < 1.29 is 14.5 Å². The van der Waals surface area contributed by atoms with Crippen LogP contribution in [0.15, 0.2) is 0 Å². The summed E-state index contributed by atoms with van der Waals surface area (Å²) in [6.45, 7) is 1.25. The fraction of sp³-hybridized carbons (Fsp3) is 1.00. The summed E-state index contributed by atoms with van der Waals surface area (Å²) in [5, 5.41) is 0. The van der Waals surface area contributed by atoms with Gasteiger partial charge in [0.05, 0.1) is 6.61 Å². The molecule has 3 heteroatoms. The quantitative estimate of drug-likeness (QED) is 0.609. The van der Waals surface area contributed by atoms with Crippen LogP contribution >= 0.6 is 0 Å². The van der Waals surface area contributed by atoms with Crippen molar-refractivity contribution in [1.29, 1.82) is 0 Å². The normalized spacial score (nSPS) is 32.1. The molecule has 0 radical (unpaired) electrons. The second kappa shape index (κ2) is 5.69. The van der Waals surface area contributed by atoms with Crippen molar-refractivity contribution in [3.05, 3.63) is 0 Å². The summed E-state index contributed by atoms with van der Waals surface area (Å²) in [4.78, 5) is 10.2. The second-order valence-corrected chi connectivity index (χ2v) is 4.26. The van der Waals surface area contributed by atoms with Crippen molar-refractivity contribution in [1.82, 2.24) is 0 Å². The molecule has 0 N–H and O–H groups in total. The van der Waals surface area contributed by atoms with Gasteiger partial charge >= 0.3 is 0 Å². The highest BCUT2D eigenvalue weighted by molar-refractivity contribution is 4.67. The first-order valence-electron chi connectivity index (χ1n) is 5.87. The molecule has 2 aliphatic rings. The zero-order valence-electron chi connectivity index (χ0n) is 8.74. The third kappa shape index (κ3) is 2.94. The van der Waals surface area contributed by atoms with Gasteiger partial charge < -0.3 is 4.74 Å². The third-order valence-electron chi connectivity index (χ3n) is 3.15. The fourth-order valence-corrected chi connectivity index (χ4v) is 2.32. The summed E-state index contributed by atoms with van der Waals surface area (Å²) >= 11 is 0. The van der Waals surface area contributed by atoms with E-state index in [0.29, 0.717) is 19.1 Å². The van der Waals surface area contributed by atoms with Crippen molar-refractivity contribution in [2.75, 3.05) is 13.2 Å². The van der Waals surface area contributed by atoms with Crippen LogP contribution in [0.25, 0.3) is 0 Å². The maximum atomic E-state index is 5.57. The molecule has 1 saturated heterocycles. The van der Waals surface area contributed by atoms with Gasteiger partial charge in [0.2, 0.25) is 0 Å². The van der Waals surface area contributed by atoms with E-state index in [2.05, 4.69) is 0 Å². The lowest BCUT2D eigenvalue weighted by Crippen LogP contribution is -2.33. The molecule has 1 unspecified atom stereocenters. The van der Waals surface area contributed by atoms with E-state index < -0.39 is 0 Å². The van der Waals surface area contributed by atoms with E-state index in [1.54, 1.807) is 0 Å². The predicted molar refractivity (Wildman–Crippen MR) is 52.6 cm³/mol. The van der Waals surface area contributed by atoms with Crippen LogP contribution in [-0.2, 0) is 14.5 Å². The average molecular weight is 200 g/mol. The number of rotatable bonds is 1. The number of ether oxygens (including phenoxy) is 1. The zero-order valence-corrected chi connectivity index (χ0v) is 8.74. The highest BCUT2D eigenvalue weighted by Crippen LogP contribution is 2.28. The van der Waals surface area contributed by atoms with Gasteiger partial charge in [-0.25, -0.2) is 9.78 Å². The van der Waals surface area contributed by atoms with Crippen LogP contribution in [0.2, 0.25) is 0 Å². The smallest absolute Gasteiger partial charge is 0.194 e. The van der Waals surface area contributed by atoms with Crippen LogP contribution in [0.5, 0.6) is 0 Å². The Balaban J connectivity index is 1.80. The monoisotopic (exact) mass is 200 g/mol. The van der Waals surface area contributed by atoms with Gasteiger partial charge in [0.25, 0.3) is 0 Å². The molecule has 0 aromatic carbocycles. The maximum absolute atomic E-state index is 5.57. The van der Waals surface area contributed by atoms with Crippen molar-refractivity contribution in [3.8, 4) is 0 Å². The summed E-state index contributed by atoms with van der Waals surface area (Å²) in [6.07, 6.45) is 9.12. The van der Waals surface area contributed by atoms with Crippen LogP contribution in [0.4, 0.5) is 0 Å². The zero-order chi connectivity index (χ0) is 9.64. The standard InChI is InChI=1S/C11H20O3/c1-2-4-6-10(7-5-3-1)11-12-8-9-13-14-11/h10-11H,1-9H2. The summed E-state index contributed by atoms with van der Waals surface area (Å²) in [5.74, 6) is 0.551. The topological polar surface area (TPSA) is 27.7 Å². The Morgan fingerprint density at radius 1 is 0.786 bits per heavy atom. The van der Waals surface area contributed by atoms with Gasteiger partial charge in [-0.15, -0.1) is 0 Å². The second-order valence-electron chi connectivity index (χ2n) is 4.26. The van der Waals surface area contributed by atoms with Crippen LogP contribution in [0.1, 0.15) is 44.9 Å². The Hall–Kier alpha value is -0.120. The van der Waals surface area contributed by atoms with E-state index >= 15 is 0 Å². The highest BCUT2D eigenvalue weighted by atomic mass is 17.2. The lowest BCUT2D eigenvalue weighted by Gasteiger charge is -2.30. The molecule has 0 aromatic rings. The molecule has 1 saturated carbocycles. The van der Waals surface area contributed by atoms with Gasteiger partial charge in [-0.2, -0.15) is 0 Å². The molecule has 1 aliphatic heterocycles. The molecule has 0 amide bonds. The molecule has 1 atom stereocenters. The minimum Gasteiger partial charge on any atom is -0.347 e. The van der Waals surface area contributed by atoms with Crippen molar-refractivity contribution in [2.45, 2.75) is 51.2 Å². The molecule has 14 heavy (non-hydrogen) atoms. The average Bonchev–Trinajstić information content (AvgIpc) is 2.18. The van der Waals surface area contributed by atoms with Crippen LogP contribution in [0.3, 0.4) is 0 Å². The highest BCUT2D eigenvalue weighted by Gasteiger charge is 2.26. The Labute approximate surface area is 85.6 Å². The first-order valence-corrected chi connectivity index (χ1v) is 5.87. The minimum absolute atomic E-state index is 0.0955.